The molecule has 1 unspecified atom stereocenters. The summed E-state index contributed by atoms with van der Waals surface area (Å²) in [5.41, 5.74) is 2.41. The summed E-state index contributed by atoms with van der Waals surface area (Å²) in [5, 5.41) is 6.77. The second-order valence-corrected chi connectivity index (χ2v) is 7.37. The second-order valence-electron chi connectivity index (χ2n) is 7.37. The van der Waals surface area contributed by atoms with Gasteiger partial charge in [0.25, 0.3) is 11.8 Å². The molecule has 0 aliphatic carbocycles. The zero-order valence-corrected chi connectivity index (χ0v) is 14.7. The lowest BCUT2D eigenvalue weighted by molar-refractivity contribution is 0.0808. The van der Waals surface area contributed by atoms with E-state index in [-0.39, 0.29) is 17.9 Å². The van der Waals surface area contributed by atoms with Gasteiger partial charge in [0, 0.05) is 30.7 Å². The molecule has 25 heavy (non-hydrogen) atoms. The van der Waals surface area contributed by atoms with Crippen molar-refractivity contribution in [3.05, 3.63) is 35.5 Å². The molecule has 2 aromatic rings. The number of anilines is 1. The fraction of sp³-hybridized carbons (Fsp3) is 0.421. The number of pyridine rings is 1. The molecule has 6 nitrogen and oxygen atoms in total. The van der Waals surface area contributed by atoms with Crippen molar-refractivity contribution >= 4 is 28.4 Å². The lowest BCUT2D eigenvalue weighted by Gasteiger charge is -2.40. The van der Waals surface area contributed by atoms with Gasteiger partial charge in [-0.3, -0.25) is 14.6 Å². The number of piperidine rings is 1. The van der Waals surface area contributed by atoms with E-state index in [1.165, 1.54) is 0 Å². The molecule has 2 aliphatic rings. The molecular weight excluding hydrogens is 316 g/mol. The lowest BCUT2D eigenvalue weighted by Crippen LogP contribution is -2.53. The molecule has 0 bridgehead atoms. The van der Waals surface area contributed by atoms with E-state index in [1.54, 1.807) is 24.4 Å². The molecule has 4 rings (SSSR count). The number of amides is 2. The Morgan fingerprint density at radius 2 is 1.96 bits per heavy atom. The highest BCUT2D eigenvalue weighted by Crippen LogP contribution is 2.33. The van der Waals surface area contributed by atoms with E-state index in [2.05, 4.69) is 41.4 Å². The predicted molar refractivity (Wildman–Crippen MR) is 96.8 cm³/mol. The molecule has 3 heterocycles. The van der Waals surface area contributed by atoms with Gasteiger partial charge in [0.05, 0.1) is 22.3 Å². The van der Waals surface area contributed by atoms with Crippen LogP contribution in [0.4, 0.5) is 5.69 Å². The molecule has 3 atom stereocenters. The van der Waals surface area contributed by atoms with Gasteiger partial charge in [-0.2, -0.15) is 0 Å². The molecule has 1 fully saturated rings. The number of hydrogen-bond donors (Lipinski definition) is 2. The van der Waals surface area contributed by atoms with Crippen molar-refractivity contribution in [2.24, 2.45) is 11.8 Å². The third-order valence-electron chi connectivity index (χ3n) is 5.35. The minimum absolute atomic E-state index is 0.121. The number of likely N-dealkylation sites (tertiary alicyclic amines) is 1. The van der Waals surface area contributed by atoms with Crippen LogP contribution in [0, 0.1) is 11.8 Å². The number of nitrogens with one attached hydrogen (secondary N) is 2. The fourth-order valence-corrected chi connectivity index (χ4v) is 4.29. The van der Waals surface area contributed by atoms with Crippen LogP contribution in [-0.2, 0) is 0 Å². The first kappa shape index (κ1) is 16.0. The molecule has 0 spiro atoms. The number of rotatable bonds is 2. The summed E-state index contributed by atoms with van der Waals surface area (Å²) >= 11 is 0. The van der Waals surface area contributed by atoms with Gasteiger partial charge in [0.2, 0.25) is 0 Å². The van der Waals surface area contributed by atoms with Crippen LogP contribution in [0.25, 0.3) is 10.9 Å². The van der Waals surface area contributed by atoms with E-state index in [0.717, 1.165) is 24.2 Å². The number of benzene rings is 1. The van der Waals surface area contributed by atoms with Gasteiger partial charge >= 0.3 is 0 Å². The predicted octanol–water partition coefficient (Wildman–Crippen LogP) is 2.12. The maximum atomic E-state index is 13.0. The van der Waals surface area contributed by atoms with Crippen molar-refractivity contribution in [2.45, 2.75) is 19.9 Å². The summed E-state index contributed by atoms with van der Waals surface area (Å²) in [7, 11) is 2.11. The molecule has 130 valence electrons. The number of aromatic nitrogens is 1. The Balaban J connectivity index is 1.68. The zero-order chi connectivity index (χ0) is 17.7. The van der Waals surface area contributed by atoms with Crippen LogP contribution in [0.2, 0.25) is 0 Å². The van der Waals surface area contributed by atoms with Crippen molar-refractivity contribution < 1.29 is 9.59 Å². The first-order valence-electron chi connectivity index (χ1n) is 8.68. The van der Waals surface area contributed by atoms with Gasteiger partial charge in [-0.15, -0.1) is 0 Å². The number of carbonyl (C=O) groups is 2. The maximum absolute atomic E-state index is 13.0. The molecule has 2 N–H and O–H groups in total. The van der Waals surface area contributed by atoms with E-state index in [9.17, 15) is 9.59 Å². The molecule has 1 saturated heterocycles. The van der Waals surface area contributed by atoms with Crippen molar-refractivity contribution in [1.29, 1.82) is 0 Å². The fourth-order valence-electron chi connectivity index (χ4n) is 4.29. The van der Waals surface area contributed by atoms with Gasteiger partial charge in [-0.25, -0.2) is 0 Å². The van der Waals surface area contributed by atoms with Gasteiger partial charge in [-0.05, 0) is 37.1 Å². The smallest absolute Gasteiger partial charge is 0.256 e. The van der Waals surface area contributed by atoms with Crippen molar-refractivity contribution in [3.8, 4) is 0 Å². The molecule has 1 aromatic carbocycles. The van der Waals surface area contributed by atoms with E-state index in [1.807, 2.05) is 0 Å². The Bertz CT molecular complexity index is 867. The first-order valence-corrected chi connectivity index (χ1v) is 8.68. The second kappa shape index (κ2) is 5.81. The summed E-state index contributed by atoms with van der Waals surface area (Å²) in [6.45, 7) is 6.28. The molecule has 0 radical (unpaired) electrons. The van der Waals surface area contributed by atoms with Crippen molar-refractivity contribution in [3.63, 3.8) is 0 Å². The van der Waals surface area contributed by atoms with Crippen molar-refractivity contribution in [1.82, 2.24) is 15.2 Å². The van der Waals surface area contributed by atoms with Crippen LogP contribution in [0.1, 0.15) is 34.6 Å². The largest absolute Gasteiger partial charge is 0.349 e. The van der Waals surface area contributed by atoms with Gasteiger partial charge in [-0.1, -0.05) is 13.8 Å². The minimum Gasteiger partial charge on any atom is -0.349 e. The van der Waals surface area contributed by atoms with E-state index in [4.69, 9.17) is 0 Å². The zero-order valence-electron chi connectivity index (χ0n) is 14.7. The molecule has 6 heteroatoms. The molecular formula is C19H22N4O2. The normalized spacial score (nSPS) is 25.9. The van der Waals surface area contributed by atoms with Crippen LogP contribution in [-0.4, -0.2) is 47.9 Å². The Morgan fingerprint density at radius 1 is 1.24 bits per heavy atom. The summed E-state index contributed by atoms with van der Waals surface area (Å²) in [6.07, 6.45) is 1.63. The lowest BCUT2D eigenvalue weighted by atomic mass is 9.85. The van der Waals surface area contributed by atoms with Crippen LogP contribution in [0.5, 0.6) is 0 Å². The summed E-state index contributed by atoms with van der Waals surface area (Å²) in [5.74, 6) is 0.498. The van der Waals surface area contributed by atoms with Gasteiger partial charge in [0.15, 0.2) is 0 Å². The third-order valence-corrected chi connectivity index (χ3v) is 5.35. The van der Waals surface area contributed by atoms with Gasteiger partial charge in [0.1, 0.15) is 0 Å². The first-order chi connectivity index (χ1) is 12.0. The Hall–Kier alpha value is -2.47. The Kier molecular flexibility index (Phi) is 3.72. The highest BCUT2D eigenvalue weighted by Gasteiger charge is 2.32. The highest BCUT2D eigenvalue weighted by molar-refractivity contribution is 6.25. The van der Waals surface area contributed by atoms with E-state index >= 15 is 0 Å². The standard InChI is InChI=1S/C19H22N4O2/c1-10-8-23(3)9-11(2)16(10)22-19(25)13-5-4-12-15-14(21-18(12)24)6-7-20-17(13)15/h4-7,10-11,16H,8-9H2,1-3H3,(H,21,24)(H,22,25)/t10-,11+,16?. The molecule has 2 aliphatic heterocycles. The average molecular weight is 338 g/mol. The Labute approximate surface area is 146 Å². The summed E-state index contributed by atoms with van der Waals surface area (Å²) in [6, 6.07) is 5.32. The van der Waals surface area contributed by atoms with Crippen LogP contribution in [0.3, 0.4) is 0 Å². The number of nitrogens with zero attached hydrogens (tertiary/aromatic N) is 2. The Morgan fingerprint density at radius 3 is 2.68 bits per heavy atom. The minimum atomic E-state index is -0.141. The van der Waals surface area contributed by atoms with Crippen molar-refractivity contribution in [2.75, 3.05) is 25.5 Å². The third kappa shape index (κ3) is 2.57. The number of carbonyl (C=O) groups excluding carboxylic acids is 2. The monoisotopic (exact) mass is 338 g/mol. The number of hydrogen-bond acceptors (Lipinski definition) is 4. The van der Waals surface area contributed by atoms with Crippen LogP contribution < -0.4 is 10.6 Å². The van der Waals surface area contributed by atoms with E-state index in [0.29, 0.717) is 28.5 Å². The average Bonchev–Trinajstić information content (AvgIpc) is 2.89. The summed E-state index contributed by atoms with van der Waals surface area (Å²) in [4.78, 5) is 31.7. The maximum Gasteiger partial charge on any atom is 0.256 e. The molecule has 2 amide bonds. The molecule has 1 aromatic heterocycles. The van der Waals surface area contributed by atoms with Crippen LogP contribution >= 0.6 is 0 Å². The van der Waals surface area contributed by atoms with Gasteiger partial charge < -0.3 is 15.5 Å². The quantitative estimate of drug-likeness (QED) is 0.880. The van der Waals surface area contributed by atoms with E-state index < -0.39 is 0 Å². The highest BCUT2D eigenvalue weighted by atomic mass is 16.2. The SMILES string of the molecule is C[C@@H]1CN(C)C[C@H](C)C1NC(=O)c1ccc2c3c(ccnc13)NC2=O. The van der Waals surface area contributed by atoms with Crippen LogP contribution in [0.15, 0.2) is 24.4 Å². The topological polar surface area (TPSA) is 74.3 Å². The molecule has 0 saturated carbocycles. The summed E-state index contributed by atoms with van der Waals surface area (Å²) < 4.78 is 0.